The van der Waals surface area contributed by atoms with E-state index in [1.807, 2.05) is 46.3 Å². The fraction of sp³-hybridized carbons (Fsp3) is 0.440. The number of rotatable bonds is 6. The number of amides is 1. The van der Waals surface area contributed by atoms with Crippen molar-refractivity contribution in [3.05, 3.63) is 59.1 Å². The predicted molar refractivity (Wildman–Crippen MR) is 136 cm³/mol. The lowest BCUT2D eigenvalue weighted by Crippen LogP contribution is -2.38. The van der Waals surface area contributed by atoms with Gasteiger partial charge in [0.25, 0.3) is 5.91 Å². The van der Waals surface area contributed by atoms with E-state index in [0.717, 1.165) is 46.1 Å². The maximum atomic E-state index is 13.1. The molecule has 6 rings (SSSR count). The average Bonchev–Trinajstić information content (AvgIpc) is 3.62. The Morgan fingerprint density at radius 3 is 2.80 bits per heavy atom. The van der Waals surface area contributed by atoms with Gasteiger partial charge in [0.05, 0.1) is 21.8 Å². The first-order valence-electron chi connectivity index (χ1n) is 12.0. The summed E-state index contributed by atoms with van der Waals surface area (Å²) in [4.78, 5) is 30.0. The van der Waals surface area contributed by atoms with Gasteiger partial charge in [-0.25, -0.2) is 15.0 Å². The monoisotopic (exact) mass is 505 g/mol. The molecule has 1 aliphatic heterocycles. The number of thiazole rings is 1. The van der Waals surface area contributed by atoms with E-state index in [0.29, 0.717) is 30.5 Å². The Morgan fingerprint density at radius 1 is 1.14 bits per heavy atom. The summed E-state index contributed by atoms with van der Waals surface area (Å²) >= 11 is 3.40. The number of benzene rings is 1. The smallest absolute Gasteiger partial charge is 0.254 e. The number of nitrogens with zero attached hydrogens (tertiary/aromatic N) is 7. The molecule has 0 spiro atoms. The van der Waals surface area contributed by atoms with Gasteiger partial charge in [0.15, 0.2) is 5.82 Å². The first-order chi connectivity index (χ1) is 17.1. The number of thioether (sulfide) groups is 1. The average molecular weight is 506 g/mol. The van der Waals surface area contributed by atoms with E-state index in [9.17, 15) is 4.79 Å². The summed E-state index contributed by atoms with van der Waals surface area (Å²) in [5, 5.41) is 9.24. The molecule has 8 nitrogen and oxygen atoms in total. The SMILES string of the molecule is CSc1cnc(C[C@H]2CC[C@H](Cc3nc4ccc(C(=O)N5CCn6cnnc6C5)cc4s3)C2)nc1. The Bertz CT molecular complexity index is 1350. The highest BCUT2D eigenvalue weighted by atomic mass is 32.2. The van der Waals surface area contributed by atoms with E-state index in [1.165, 1.54) is 24.3 Å². The highest BCUT2D eigenvalue weighted by Gasteiger charge is 2.27. The molecule has 2 aliphatic rings. The van der Waals surface area contributed by atoms with Crippen molar-refractivity contribution in [1.82, 2.24) is 34.6 Å². The van der Waals surface area contributed by atoms with Crippen molar-refractivity contribution in [2.24, 2.45) is 11.8 Å². The summed E-state index contributed by atoms with van der Waals surface area (Å²) in [6.45, 7) is 1.91. The lowest BCUT2D eigenvalue weighted by molar-refractivity contribution is 0.0707. The lowest BCUT2D eigenvalue weighted by atomic mass is 9.99. The third kappa shape index (κ3) is 4.81. The van der Waals surface area contributed by atoms with Crippen LogP contribution in [0.4, 0.5) is 0 Å². The van der Waals surface area contributed by atoms with Crippen LogP contribution in [0.25, 0.3) is 10.2 Å². The highest BCUT2D eigenvalue weighted by molar-refractivity contribution is 7.98. The molecule has 1 aliphatic carbocycles. The van der Waals surface area contributed by atoms with Crippen LogP contribution < -0.4 is 0 Å². The third-order valence-electron chi connectivity index (χ3n) is 7.11. The summed E-state index contributed by atoms with van der Waals surface area (Å²) in [6, 6.07) is 5.90. The van der Waals surface area contributed by atoms with Gasteiger partial charge in [-0.05, 0) is 55.6 Å². The lowest BCUT2D eigenvalue weighted by Gasteiger charge is -2.27. The quantitative estimate of drug-likeness (QED) is 0.362. The molecule has 0 saturated heterocycles. The van der Waals surface area contributed by atoms with E-state index in [-0.39, 0.29) is 5.91 Å². The first kappa shape index (κ1) is 22.6. The third-order valence-corrected chi connectivity index (χ3v) is 8.83. The van der Waals surface area contributed by atoms with Crippen LogP contribution in [-0.4, -0.2) is 53.3 Å². The zero-order valence-corrected chi connectivity index (χ0v) is 21.3. The van der Waals surface area contributed by atoms with Crippen molar-refractivity contribution in [2.45, 2.75) is 50.1 Å². The highest BCUT2D eigenvalue weighted by Crippen LogP contribution is 2.36. The summed E-state index contributed by atoms with van der Waals surface area (Å²) in [5.74, 6) is 3.14. The molecule has 2 atom stereocenters. The maximum absolute atomic E-state index is 13.1. The van der Waals surface area contributed by atoms with Gasteiger partial charge in [0, 0.05) is 48.8 Å². The number of hydrogen-bond acceptors (Lipinski definition) is 8. The number of aromatic nitrogens is 6. The Labute approximate surface area is 212 Å². The van der Waals surface area contributed by atoms with Crippen LogP contribution in [-0.2, 0) is 25.9 Å². The van der Waals surface area contributed by atoms with Gasteiger partial charge in [-0.1, -0.05) is 0 Å². The first-order valence-corrected chi connectivity index (χ1v) is 14.1. The van der Waals surface area contributed by atoms with Crippen LogP contribution in [0.2, 0.25) is 0 Å². The summed E-state index contributed by atoms with van der Waals surface area (Å²) in [7, 11) is 0. The second-order valence-corrected chi connectivity index (χ2v) is 11.4. The Kier molecular flexibility index (Phi) is 6.24. The molecule has 1 fully saturated rings. The van der Waals surface area contributed by atoms with E-state index in [1.54, 1.807) is 29.4 Å². The second-order valence-electron chi connectivity index (χ2n) is 9.45. The molecule has 0 unspecified atom stereocenters. The fourth-order valence-corrected chi connectivity index (χ4v) is 6.66. The number of carbonyl (C=O) groups is 1. The molecule has 1 aromatic carbocycles. The molecule has 4 aromatic rings. The predicted octanol–water partition coefficient (Wildman–Crippen LogP) is 4.26. The van der Waals surface area contributed by atoms with Gasteiger partial charge in [-0.15, -0.1) is 33.3 Å². The van der Waals surface area contributed by atoms with Crippen LogP contribution in [0.5, 0.6) is 0 Å². The van der Waals surface area contributed by atoms with Crippen LogP contribution in [0.1, 0.15) is 46.3 Å². The largest absolute Gasteiger partial charge is 0.329 e. The minimum absolute atomic E-state index is 0.0440. The van der Waals surface area contributed by atoms with Crippen LogP contribution in [0.3, 0.4) is 0 Å². The van der Waals surface area contributed by atoms with Crippen LogP contribution in [0.15, 0.2) is 41.8 Å². The van der Waals surface area contributed by atoms with Crippen molar-refractivity contribution in [3.63, 3.8) is 0 Å². The maximum Gasteiger partial charge on any atom is 0.254 e. The standard InChI is InChI=1S/C25H27N7OS2/c1-34-19-12-26-22(27-13-19)9-16-2-3-17(8-16)10-24-29-20-5-4-18(11-21(20)35-24)25(33)31-6-7-32-15-28-30-23(32)14-31/h4-5,11-13,15-17H,2-3,6-10,14H2,1H3/t16-,17-/m0/s1. The normalized spacial score (nSPS) is 19.9. The number of carbonyl (C=O) groups excluding carboxylic acids is 1. The minimum atomic E-state index is 0.0440. The van der Waals surface area contributed by atoms with E-state index >= 15 is 0 Å². The molecule has 1 amide bonds. The summed E-state index contributed by atoms with van der Waals surface area (Å²) < 4.78 is 3.09. The van der Waals surface area contributed by atoms with Crippen molar-refractivity contribution in [1.29, 1.82) is 0 Å². The van der Waals surface area contributed by atoms with E-state index in [4.69, 9.17) is 4.98 Å². The fourth-order valence-electron chi connectivity index (χ4n) is 5.22. The molecule has 0 bridgehead atoms. The Morgan fingerprint density at radius 2 is 1.97 bits per heavy atom. The molecule has 180 valence electrons. The number of hydrogen-bond donors (Lipinski definition) is 0. The van der Waals surface area contributed by atoms with Gasteiger partial charge in [-0.2, -0.15) is 0 Å². The molecular formula is C25H27N7OS2. The van der Waals surface area contributed by atoms with Gasteiger partial charge in [0.1, 0.15) is 12.2 Å². The topological polar surface area (TPSA) is 89.7 Å². The van der Waals surface area contributed by atoms with Gasteiger partial charge in [0.2, 0.25) is 0 Å². The zero-order valence-electron chi connectivity index (χ0n) is 19.6. The molecular weight excluding hydrogens is 478 g/mol. The Hall–Kier alpha value is -2.85. The number of fused-ring (bicyclic) bond motifs is 2. The summed E-state index contributed by atoms with van der Waals surface area (Å²) in [5.41, 5.74) is 1.70. The molecule has 4 heterocycles. The molecule has 1 saturated carbocycles. The van der Waals surface area contributed by atoms with E-state index < -0.39 is 0 Å². The van der Waals surface area contributed by atoms with Gasteiger partial charge < -0.3 is 9.47 Å². The van der Waals surface area contributed by atoms with Crippen molar-refractivity contribution in [3.8, 4) is 0 Å². The van der Waals surface area contributed by atoms with Crippen molar-refractivity contribution < 1.29 is 4.79 Å². The molecule has 35 heavy (non-hydrogen) atoms. The molecule has 3 aromatic heterocycles. The van der Waals surface area contributed by atoms with Crippen LogP contribution in [0, 0.1) is 11.8 Å². The van der Waals surface area contributed by atoms with E-state index in [2.05, 4.69) is 20.2 Å². The second kappa shape index (κ2) is 9.66. The van der Waals surface area contributed by atoms with Gasteiger partial charge >= 0.3 is 0 Å². The van der Waals surface area contributed by atoms with Gasteiger partial charge in [-0.3, -0.25) is 4.79 Å². The molecule has 0 radical (unpaired) electrons. The minimum Gasteiger partial charge on any atom is -0.329 e. The Balaban J connectivity index is 1.09. The molecule has 0 N–H and O–H groups in total. The van der Waals surface area contributed by atoms with Crippen molar-refractivity contribution in [2.75, 3.05) is 12.8 Å². The zero-order chi connectivity index (χ0) is 23.8. The van der Waals surface area contributed by atoms with Crippen LogP contribution >= 0.6 is 23.1 Å². The van der Waals surface area contributed by atoms with Crippen molar-refractivity contribution >= 4 is 39.2 Å². The summed E-state index contributed by atoms with van der Waals surface area (Å²) in [6.07, 6.45) is 13.3. The molecule has 10 heteroatoms.